The maximum Gasteiger partial charge on any atom is 0.255 e. The Bertz CT molecular complexity index is 458. The molecule has 0 bridgehead atoms. The van der Waals surface area contributed by atoms with Crippen molar-refractivity contribution in [1.29, 1.82) is 0 Å². The number of aromatic hydroxyl groups is 1. The molecule has 2 rings (SSSR count). The maximum absolute atomic E-state index is 11.9. The van der Waals surface area contributed by atoms with Crippen molar-refractivity contribution >= 4 is 21.8 Å². The summed E-state index contributed by atoms with van der Waals surface area (Å²) in [6, 6.07) is 4.80. The molecule has 3 N–H and O–H groups in total. The highest BCUT2D eigenvalue weighted by molar-refractivity contribution is 9.10. The standard InChI is InChI=1S/C13H16BrNO3/c14-9-1-2-10(11(17)7-9)12(18)15-8-13(3-4-13)5-6-16/h1-2,7,16-17H,3-6,8H2,(H,15,18). The van der Waals surface area contributed by atoms with Crippen LogP contribution in [0, 0.1) is 5.41 Å². The summed E-state index contributed by atoms with van der Waals surface area (Å²) in [6.45, 7) is 0.710. The number of hydrogen-bond donors (Lipinski definition) is 3. The number of carbonyl (C=O) groups is 1. The first-order chi connectivity index (χ1) is 8.56. The van der Waals surface area contributed by atoms with E-state index in [1.807, 2.05) is 0 Å². The third-order valence-corrected chi connectivity index (χ3v) is 3.92. The molecule has 0 heterocycles. The molecule has 1 aliphatic carbocycles. The monoisotopic (exact) mass is 313 g/mol. The summed E-state index contributed by atoms with van der Waals surface area (Å²) in [5, 5.41) is 21.4. The van der Waals surface area contributed by atoms with Gasteiger partial charge in [-0.3, -0.25) is 4.79 Å². The van der Waals surface area contributed by atoms with Gasteiger partial charge in [-0.05, 0) is 42.9 Å². The van der Waals surface area contributed by atoms with Crippen LogP contribution in [0.4, 0.5) is 0 Å². The van der Waals surface area contributed by atoms with Crippen LogP contribution < -0.4 is 5.32 Å². The lowest BCUT2D eigenvalue weighted by Gasteiger charge is -2.14. The summed E-state index contributed by atoms with van der Waals surface area (Å²) in [4.78, 5) is 11.9. The molecule has 0 radical (unpaired) electrons. The SMILES string of the molecule is O=C(NCC1(CCO)CC1)c1ccc(Br)cc1O. The fourth-order valence-corrected chi connectivity index (χ4v) is 2.34. The number of carbonyl (C=O) groups excluding carboxylic acids is 1. The fraction of sp³-hybridized carbons (Fsp3) is 0.462. The molecule has 98 valence electrons. The number of hydrogen-bond acceptors (Lipinski definition) is 3. The second kappa shape index (κ2) is 5.28. The van der Waals surface area contributed by atoms with E-state index in [0.717, 1.165) is 23.7 Å². The first-order valence-electron chi connectivity index (χ1n) is 5.94. The Morgan fingerprint density at radius 2 is 2.17 bits per heavy atom. The third-order valence-electron chi connectivity index (χ3n) is 3.43. The van der Waals surface area contributed by atoms with E-state index in [1.54, 1.807) is 12.1 Å². The minimum absolute atomic E-state index is 0.0334. The summed E-state index contributed by atoms with van der Waals surface area (Å²) < 4.78 is 0.732. The molecule has 18 heavy (non-hydrogen) atoms. The van der Waals surface area contributed by atoms with Crippen LogP contribution in [-0.4, -0.2) is 29.3 Å². The number of benzene rings is 1. The number of nitrogens with one attached hydrogen (secondary N) is 1. The molecule has 1 saturated carbocycles. The molecule has 1 aliphatic rings. The highest BCUT2D eigenvalue weighted by Crippen LogP contribution is 2.47. The smallest absolute Gasteiger partial charge is 0.255 e. The predicted octanol–water partition coefficient (Wildman–Crippen LogP) is 2.05. The molecular formula is C13H16BrNO3. The number of aliphatic hydroxyl groups excluding tert-OH is 1. The third kappa shape index (κ3) is 3.03. The first kappa shape index (κ1) is 13.4. The van der Waals surface area contributed by atoms with E-state index in [4.69, 9.17) is 5.11 Å². The quantitative estimate of drug-likeness (QED) is 0.779. The van der Waals surface area contributed by atoms with Crippen molar-refractivity contribution in [3.8, 4) is 5.75 Å². The molecule has 1 fully saturated rings. The normalized spacial score (nSPS) is 16.3. The van der Waals surface area contributed by atoms with Crippen LogP contribution in [0.1, 0.15) is 29.6 Å². The van der Waals surface area contributed by atoms with Gasteiger partial charge in [-0.2, -0.15) is 0 Å². The van der Waals surface area contributed by atoms with Crippen molar-refractivity contribution in [1.82, 2.24) is 5.32 Å². The molecule has 0 unspecified atom stereocenters. The fourth-order valence-electron chi connectivity index (χ4n) is 1.99. The van der Waals surface area contributed by atoms with E-state index >= 15 is 0 Å². The van der Waals surface area contributed by atoms with Gasteiger partial charge in [0.2, 0.25) is 0 Å². The van der Waals surface area contributed by atoms with Gasteiger partial charge in [0.1, 0.15) is 5.75 Å². The van der Waals surface area contributed by atoms with E-state index in [2.05, 4.69) is 21.2 Å². The summed E-state index contributed by atoms with van der Waals surface area (Å²) in [6.07, 6.45) is 2.81. The minimum atomic E-state index is -0.274. The van der Waals surface area contributed by atoms with Crippen LogP contribution in [0.5, 0.6) is 5.75 Å². The largest absolute Gasteiger partial charge is 0.507 e. The Kier molecular flexibility index (Phi) is 3.92. The lowest BCUT2D eigenvalue weighted by molar-refractivity contribution is 0.0938. The lowest BCUT2D eigenvalue weighted by atomic mass is 10.0. The van der Waals surface area contributed by atoms with Gasteiger partial charge in [0, 0.05) is 17.6 Å². The van der Waals surface area contributed by atoms with E-state index in [0.29, 0.717) is 6.54 Å². The Morgan fingerprint density at radius 3 is 2.72 bits per heavy atom. The van der Waals surface area contributed by atoms with Gasteiger partial charge in [0.05, 0.1) is 5.56 Å². The molecule has 5 heteroatoms. The average Bonchev–Trinajstić information content (AvgIpc) is 3.07. The number of phenolic OH excluding ortho intramolecular Hbond substituents is 1. The Labute approximate surface area is 114 Å². The van der Waals surface area contributed by atoms with Crippen LogP contribution in [0.3, 0.4) is 0 Å². The number of phenols is 1. The highest BCUT2D eigenvalue weighted by atomic mass is 79.9. The molecule has 4 nitrogen and oxygen atoms in total. The highest BCUT2D eigenvalue weighted by Gasteiger charge is 2.41. The van der Waals surface area contributed by atoms with Crippen molar-refractivity contribution in [2.75, 3.05) is 13.2 Å². The molecule has 0 aromatic heterocycles. The van der Waals surface area contributed by atoms with Crippen LogP contribution in [0.25, 0.3) is 0 Å². The van der Waals surface area contributed by atoms with Crippen molar-refractivity contribution in [2.45, 2.75) is 19.3 Å². The van der Waals surface area contributed by atoms with E-state index < -0.39 is 0 Å². The molecule has 0 atom stereocenters. The second-order valence-electron chi connectivity index (χ2n) is 4.82. The molecule has 0 aliphatic heterocycles. The Hall–Kier alpha value is -1.07. The lowest BCUT2D eigenvalue weighted by Crippen LogP contribution is -2.30. The molecular weight excluding hydrogens is 298 g/mol. The summed E-state index contributed by atoms with van der Waals surface area (Å²) >= 11 is 3.23. The van der Waals surface area contributed by atoms with Gasteiger partial charge >= 0.3 is 0 Å². The van der Waals surface area contributed by atoms with E-state index in [9.17, 15) is 9.90 Å². The number of amides is 1. The zero-order chi connectivity index (χ0) is 13.2. The maximum atomic E-state index is 11.9. The Balaban J connectivity index is 1.96. The van der Waals surface area contributed by atoms with Crippen LogP contribution in [-0.2, 0) is 0 Å². The summed E-state index contributed by atoms with van der Waals surface area (Å²) in [5.41, 5.74) is 0.355. The van der Waals surface area contributed by atoms with Crippen LogP contribution >= 0.6 is 15.9 Å². The van der Waals surface area contributed by atoms with Gasteiger partial charge in [-0.25, -0.2) is 0 Å². The minimum Gasteiger partial charge on any atom is -0.507 e. The topological polar surface area (TPSA) is 69.6 Å². The summed E-state index contributed by atoms with van der Waals surface area (Å²) in [7, 11) is 0. The average molecular weight is 314 g/mol. The van der Waals surface area contributed by atoms with Crippen molar-refractivity contribution in [3.63, 3.8) is 0 Å². The van der Waals surface area contributed by atoms with E-state index in [-0.39, 0.29) is 29.2 Å². The molecule has 0 spiro atoms. The van der Waals surface area contributed by atoms with Gasteiger partial charge in [-0.15, -0.1) is 0 Å². The van der Waals surface area contributed by atoms with Crippen molar-refractivity contribution < 1.29 is 15.0 Å². The molecule has 1 aromatic carbocycles. The first-order valence-corrected chi connectivity index (χ1v) is 6.73. The van der Waals surface area contributed by atoms with Crippen LogP contribution in [0.15, 0.2) is 22.7 Å². The molecule has 1 aromatic rings. The zero-order valence-corrected chi connectivity index (χ0v) is 11.5. The number of rotatable bonds is 5. The number of aliphatic hydroxyl groups is 1. The zero-order valence-electron chi connectivity index (χ0n) is 9.95. The second-order valence-corrected chi connectivity index (χ2v) is 5.73. The van der Waals surface area contributed by atoms with Gasteiger partial charge in [0.15, 0.2) is 0 Å². The van der Waals surface area contributed by atoms with Gasteiger partial charge in [0.25, 0.3) is 5.91 Å². The van der Waals surface area contributed by atoms with Gasteiger partial charge < -0.3 is 15.5 Å². The molecule has 0 saturated heterocycles. The molecule has 1 amide bonds. The number of halogens is 1. The van der Waals surface area contributed by atoms with Crippen molar-refractivity contribution in [3.05, 3.63) is 28.2 Å². The van der Waals surface area contributed by atoms with Crippen LogP contribution in [0.2, 0.25) is 0 Å². The summed E-state index contributed by atoms with van der Waals surface area (Å²) in [5.74, 6) is -0.307. The van der Waals surface area contributed by atoms with Gasteiger partial charge in [-0.1, -0.05) is 15.9 Å². The predicted molar refractivity (Wildman–Crippen MR) is 71.5 cm³/mol. The van der Waals surface area contributed by atoms with Crippen molar-refractivity contribution in [2.24, 2.45) is 5.41 Å². The van der Waals surface area contributed by atoms with E-state index in [1.165, 1.54) is 6.07 Å². The Morgan fingerprint density at radius 1 is 1.44 bits per heavy atom.